The van der Waals surface area contributed by atoms with E-state index in [1.54, 1.807) is 7.11 Å². The second-order valence-electron chi connectivity index (χ2n) is 6.85. The number of ether oxygens (including phenoxy) is 2. The number of carbonyl (C=O) groups excluding carboxylic acids is 1. The Morgan fingerprint density at radius 2 is 2.17 bits per heavy atom. The summed E-state index contributed by atoms with van der Waals surface area (Å²) in [5, 5.41) is 3.45. The Balaban J connectivity index is 0.00000264. The Morgan fingerprint density at radius 3 is 2.87 bits per heavy atom. The molecule has 0 radical (unpaired) electrons. The van der Waals surface area contributed by atoms with Gasteiger partial charge < -0.3 is 19.7 Å². The molecule has 2 fully saturated rings. The molecule has 1 amide bonds. The van der Waals surface area contributed by atoms with Gasteiger partial charge in [0.15, 0.2) is 0 Å². The van der Waals surface area contributed by atoms with Crippen LogP contribution < -0.4 is 5.32 Å². The van der Waals surface area contributed by atoms with Crippen LogP contribution in [-0.2, 0) is 14.3 Å². The van der Waals surface area contributed by atoms with Crippen LogP contribution in [-0.4, -0.2) is 63.9 Å². The fourth-order valence-corrected chi connectivity index (χ4v) is 3.52. The number of rotatable bonds is 8. The van der Waals surface area contributed by atoms with Crippen molar-refractivity contribution in [2.75, 3.05) is 53.1 Å². The van der Waals surface area contributed by atoms with Gasteiger partial charge >= 0.3 is 0 Å². The van der Waals surface area contributed by atoms with Gasteiger partial charge in [0.2, 0.25) is 5.91 Å². The van der Waals surface area contributed by atoms with Gasteiger partial charge in [-0.2, -0.15) is 0 Å². The van der Waals surface area contributed by atoms with E-state index in [1.807, 2.05) is 4.90 Å². The topological polar surface area (TPSA) is 50.8 Å². The first-order valence-electron chi connectivity index (χ1n) is 8.76. The standard InChI is InChI=1S/C17H32N2O3.ClH/c1-14(16-4-3-6-18-11-16)10-17(20)19-7-5-15(12-19)13-22-9-8-21-2;/h14-16,18H,3-13H2,1-2H3;1H. The van der Waals surface area contributed by atoms with Crippen molar-refractivity contribution >= 4 is 18.3 Å². The maximum Gasteiger partial charge on any atom is 0.222 e. The van der Waals surface area contributed by atoms with Crippen molar-refractivity contribution in [3.63, 3.8) is 0 Å². The molecule has 0 aromatic carbocycles. The molecule has 0 saturated carbocycles. The van der Waals surface area contributed by atoms with Crippen molar-refractivity contribution in [3.05, 3.63) is 0 Å². The molecule has 2 heterocycles. The van der Waals surface area contributed by atoms with E-state index in [1.165, 1.54) is 12.8 Å². The Bertz CT molecular complexity index is 338. The average Bonchev–Trinajstić information content (AvgIpc) is 3.01. The molecule has 2 rings (SSSR count). The highest BCUT2D eigenvalue weighted by Crippen LogP contribution is 2.25. The van der Waals surface area contributed by atoms with Crippen LogP contribution in [0.15, 0.2) is 0 Å². The first kappa shape index (κ1) is 20.7. The molecule has 136 valence electrons. The highest BCUT2D eigenvalue weighted by atomic mass is 35.5. The average molecular weight is 349 g/mol. The van der Waals surface area contributed by atoms with E-state index in [0.29, 0.717) is 43.3 Å². The van der Waals surface area contributed by atoms with E-state index < -0.39 is 0 Å². The Morgan fingerprint density at radius 1 is 1.35 bits per heavy atom. The van der Waals surface area contributed by atoms with E-state index in [4.69, 9.17) is 9.47 Å². The molecule has 3 unspecified atom stereocenters. The summed E-state index contributed by atoms with van der Waals surface area (Å²) < 4.78 is 10.6. The lowest BCUT2D eigenvalue weighted by Gasteiger charge is -2.29. The third kappa shape index (κ3) is 6.96. The number of hydrogen-bond donors (Lipinski definition) is 1. The van der Waals surface area contributed by atoms with Gasteiger partial charge in [-0.05, 0) is 44.2 Å². The highest BCUT2D eigenvalue weighted by Gasteiger charge is 2.29. The molecule has 23 heavy (non-hydrogen) atoms. The minimum absolute atomic E-state index is 0. The molecular weight excluding hydrogens is 316 g/mol. The Kier molecular flexibility index (Phi) is 10.1. The lowest BCUT2D eigenvalue weighted by Crippen LogP contribution is -2.36. The van der Waals surface area contributed by atoms with Crippen molar-refractivity contribution in [1.29, 1.82) is 0 Å². The summed E-state index contributed by atoms with van der Waals surface area (Å²) in [6.45, 7) is 8.23. The molecule has 0 aromatic rings. The van der Waals surface area contributed by atoms with E-state index >= 15 is 0 Å². The molecule has 2 saturated heterocycles. The van der Waals surface area contributed by atoms with E-state index in [-0.39, 0.29) is 12.4 Å². The number of amides is 1. The van der Waals surface area contributed by atoms with Crippen LogP contribution in [0.25, 0.3) is 0 Å². The molecule has 0 aromatic heterocycles. The molecule has 0 bridgehead atoms. The van der Waals surface area contributed by atoms with Crippen LogP contribution in [0.5, 0.6) is 0 Å². The predicted molar refractivity (Wildman–Crippen MR) is 94.0 cm³/mol. The molecule has 1 N–H and O–H groups in total. The number of likely N-dealkylation sites (tertiary alicyclic amines) is 1. The van der Waals surface area contributed by atoms with Gasteiger partial charge in [-0.15, -0.1) is 12.4 Å². The zero-order valence-electron chi connectivity index (χ0n) is 14.6. The number of methoxy groups -OCH3 is 1. The van der Waals surface area contributed by atoms with E-state index in [2.05, 4.69) is 12.2 Å². The quantitative estimate of drug-likeness (QED) is 0.681. The van der Waals surface area contributed by atoms with Crippen LogP contribution in [0.2, 0.25) is 0 Å². The predicted octanol–water partition coefficient (Wildman–Crippen LogP) is 1.95. The fourth-order valence-electron chi connectivity index (χ4n) is 3.52. The summed E-state index contributed by atoms with van der Waals surface area (Å²) in [6, 6.07) is 0. The van der Waals surface area contributed by atoms with Crippen LogP contribution in [0.1, 0.15) is 32.6 Å². The molecule has 0 aliphatic carbocycles. The van der Waals surface area contributed by atoms with Crippen LogP contribution in [0, 0.1) is 17.8 Å². The highest BCUT2D eigenvalue weighted by molar-refractivity contribution is 5.85. The number of nitrogens with zero attached hydrogens (tertiary/aromatic N) is 1. The zero-order chi connectivity index (χ0) is 15.8. The maximum atomic E-state index is 12.5. The third-order valence-corrected chi connectivity index (χ3v) is 5.06. The lowest BCUT2D eigenvalue weighted by molar-refractivity contribution is -0.131. The van der Waals surface area contributed by atoms with Crippen molar-refractivity contribution < 1.29 is 14.3 Å². The Labute approximate surface area is 146 Å². The molecule has 0 spiro atoms. The van der Waals surface area contributed by atoms with Crippen molar-refractivity contribution in [1.82, 2.24) is 10.2 Å². The molecule has 2 aliphatic heterocycles. The van der Waals surface area contributed by atoms with Gasteiger partial charge in [0.05, 0.1) is 19.8 Å². The monoisotopic (exact) mass is 348 g/mol. The molecule has 5 nitrogen and oxygen atoms in total. The maximum absolute atomic E-state index is 12.5. The minimum atomic E-state index is 0. The molecule has 2 aliphatic rings. The summed E-state index contributed by atoms with van der Waals surface area (Å²) >= 11 is 0. The summed E-state index contributed by atoms with van der Waals surface area (Å²) in [6.07, 6.45) is 4.27. The van der Waals surface area contributed by atoms with Crippen LogP contribution in [0.3, 0.4) is 0 Å². The number of piperidine rings is 1. The minimum Gasteiger partial charge on any atom is -0.382 e. The van der Waals surface area contributed by atoms with Crippen molar-refractivity contribution in [2.45, 2.75) is 32.6 Å². The van der Waals surface area contributed by atoms with Gasteiger partial charge in [-0.1, -0.05) is 6.92 Å². The summed E-state index contributed by atoms with van der Waals surface area (Å²) in [5.74, 6) is 1.97. The molecule has 3 atom stereocenters. The number of carbonyl (C=O) groups is 1. The third-order valence-electron chi connectivity index (χ3n) is 5.06. The first-order valence-corrected chi connectivity index (χ1v) is 8.76. The summed E-state index contributed by atoms with van der Waals surface area (Å²) in [5.41, 5.74) is 0. The van der Waals surface area contributed by atoms with Gasteiger partial charge in [0.25, 0.3) is 0 Å². The SMILES string of the molecule is COCCOCC1CCN(C(=O)CC(C)C2CCCNC2)C1.Cl. The fraction of sp³-hybridized carbons (Fsp3) is 0.941. The zero-order valence-corrected chi connectivity index (χ0v) is 15.4. The van der Waals surface area contributed by atoms with E-state index in [0.717, 1.165) is 39.2 Å². The van der Waals surface area contributed by atoms with Gasteiger partial charge in [0, 0.05) is 32.5 Å². The van der Waals surface area contributed by atoms with Crippen LogP contribution >= 0.6 is 12.4 Å². The summed E-state index contributed by atoms with van der Waals surface area (Å²) in [7, 11) is 1.68. The number of hydrogen-bond acceptors (Lipinski definition) is 4. The van der Waals surface area contributed by atoms with Gasteiger partial charge in [-0.3, -0.25) is 4.79 Å². The lowest BCUT2D eigenvalue weighted by atomic mass is 9.85. The van der Waals surface area contributed by atoms with Gasteiger partial charge in [-0.25, -0.2) is 0 Å². The van der Waals surface area contributed by atoms with Gasteiger partial charge in [0.1, 0.15) is 0 Å². The van der Waals surface area contributed by atoms with Crippen molar-refractivity contribution in [2.24, 2.45) is 17.8 Å². The summed E-state index contributed by atoms with van der Waals surface area (Å²) in [4.78, 5) is 14.5. The first-order chi connectivity index (χ1) is 10.7. The smallest absolute Gasteiger partial charge is 0.222 e. The largest absolute Gasteiger partial charge is 0.382 e. The van der Waals surface area contributed by atoms with E-state index in [9.17, 15) is 4.79 Å². The number of nitrogens with one attached hydrogen (secondary N) is 1. The number of halogens is 1. The van der Waals surface area contributed by atoms with Crippen LogP contribution in [0.4, 0.5) is 0 Å². The molecular formula is C17H33ClN2O3. The molecule has 6 heteroatoms. The Hall–Kier alpha value is -0.360. The second kappa shape index (κ2) is 11.2. The normalized spacial score (nSPS) is 25.9. The van der Waals surface area contributed by atoms with Crippen molar-refractivity contribution in [3.8, 4) is 0 Å². The second-order valence-corrected chi connectivity index (χ2v) is 6.85.